The second-order valence-corrected chi connectivity index (χ2v) is 3.89. The number of rotatable bonds is 2. The summed E-state index contributed by atoms with van der Waals surface area (Å²) in [5.74, 6) is -0.279. The Kier molecular flexibility index (Phi) is 3.16. The summed E-state index contributed by atoms with van der Waals surface area (Å²) >= 11 is 0. The second kappa shape index (κ2) is 4.76. The maximum Gasteiger partial charge on any atom is 0.126 e. The highest BCUT2D eigenvalue weighted by Gasteiger charge is 2.07. The minimum Gasteiger partial charge on any atom is -0.508 e. The highest BCUT2D eigenvalue weighted by atomic mass is 19.1. The quantitative estimate of drug-likeness (QED) is 0.879. The number of halogens is 1. The van der Waals surface area contributed by atoms with E-state index in [-0.39, 0.29) is 11.3 Å². The van der Waals surface area contributed by atoms with Crippen LogP contribution in [0.5, 0.6) is 5.75 Å². The van der Waals surface area contributed by atoms with Crippen molar-refractivity contribution >= 4 is 11.4 Å². The lowest BCUT2D eigenvalue weighted by Gasteiger charge is -2.19. The fraction of sp³-hybridized carbons (Fsp3) is 0.0714. The number of aromatic hydroxyl groups is 1. The number of nitriles is 1. The van der Waals surface area contributed by atoms with Crippen LogP contribution in [0.15, 0.2) is 42.5 Å². The van der Waals surface area contributed by atoms with E-state index in [4.69, 9.17) is 5.26 Å². The molecule has 0 aliphatic heterocycles. The summed E-state index contributed by atoms with van der Waals surface area (Å²) in [4.78, 5) is 1.74. The first-order valence-corrected chi connectivity index (χ1v) is 5.33. The zero-order chi connectivity index (χ0) is 13.1. The van der Waals surface area contributed by atoms with Gasteiger partial charge in [0.2, 0.25) is 0 Å². The van der Waals surface area contributed by atoms with E-state index in [9.17, 15) is 9.50 Å². The van der Waals surface area contributed by atoms with Crippen molar-refractivity contribution in [1.82, 2.24) is 0 Å². The Bertz CT molecular complexity index is 602. The fourth-order valence-electron chi connectivity index (χ4n) is 1.66. The molecule has 1 N–H and O–H groups in total. The molecule has 2 rings (SSSR count). The first-order valence-electron chi connectivity index (χ1n) is 5.33. The number of phenols is 1. The van der Waals surface area contributed by atoms with E-state index < -0.39 is 5.82 Å². The lowest BCUT2D eigenvalue weighted by Crippen LogP contribution is -2.09. The number of hydrogen-bond acceptors (Lipinski definition) is 3. The van der Waals surface area contributed by atoms with Crippen molar-refractivity contribution in [2.24, 2.45) is 0 Å². The average molecular weight is 242 g/mol. The molecular formula is C14H11FN2O. The first-order chi connectivity index (χ1) is 8.60. The van der Waals surface area contributed by atoms with Gasteiger partial charge in [0, 0.05) is 18.4 Å². The van der Waals surface area contributed by atoms with Gasteiger partial charge in [0.25, 0.3) is 0 Å². The monoisotopic (exact) mass is 242 g/mol. The van der Waals surface area contributed by atoms with Crippen LogP contribution >= 0.6 is 0 Å². The topological polar surface area (TPSA) is 47.3 Å². The van der Waals surface area contributed by atoms with Gasteiger partial charge in [0.15, 0.2) is 0 Å². The molecule has 0 aliphatic carbocycles. The molecule has 0 heterocycles. The minimum absolute atomic E-state index is 0.170. The molecular weight excluding hydrogens is 231 g/mol. The first kappa shape index (κ1) is 11.9. The van der Waals surface area contributed by atoms with E-state index in [1.54, 1.807) is 42.3 Å². The van der Waals surface area contributed by atoms with E-state index in [0.29, 0.717) is 5.69 Å². The van der Waals surface area contributed by atoms with Crippen molar-refractivity contribution < 1.29 is 9.50 Å². The molecule has 0 unspecified atom stereocenters. The molecule has 3 nitrogen and oxygen atoms in total. The molecule has 18 heavy (non-hydrogen) atoms. The molecule has 0 amide bonds. The smallest absolute Gasteiger partial charge is 0.126 e. The van der Waals surface area contributed by atoms with Crippen LogP contribution in [-0.2, 0) is 0 Å². The van der Waals surface area contributed by atoms with E-state index in [2.05, 4.69) is 0 Å². The summed E-state index contributed by atoms with van der Waals surface area (Å²) in [6.45, 7) is 0. The van der Waals surface area contributed by atoms with Gasteiger partial charge in [-0.1, -0.05) is 0 Å². The highest BCUT2D eigenvalue weighted by Crippen LogP contribution is 2.26. The third kappa shape index (κ3) is 2.41. The molecule has 2 aromatic carbocycles. The van der Waals surface area contributed by atoms with Crippen LogP contribution in [0, 0.1) is 17.1 Å². The SMILES string of the molecule is CN(c1ccc(O)cc1)c1cc(F)cc(C#N)c1. The number of anilines is 2. The van der Waals surface area contributed by atoms with Crippen molar-refractivity contribution in [1.29, 1.82) is 5.26 Å². The van der Waals surface area contributed by atoms with E-state index in [0.717, 1.165) is 5.69 Å². The Morgan fingerprint density at radius 2 is 1.78 bits per heavy atom. The summed E-state index contributed by atoms with van der Waals surface area (Å²) in [6, 6.07) is 12.6. The maximum atomic E-state index is 13.3. The Balaban J connectivity index is 2.39. The predicted octanol–water partition coefficient (Wildman–Crippen LogP) is 3.17. The minimum atomic E-state index is -0.449. The van der Waals surface area contributed by atoms with Crippen molar-refractivity contribution in [2.45, 2.75) is 0 Å². The third-order valence-electron chi connectivity index (χ3n) is 2.64. The molecule has 0 spiro atoms. The molecule has 0 bridgehead atoms. The molecule has 0 aromatic heterocycles. The Morgan fingerprint density at radius 1 is 1.11 bits per heavy atom. The summed E-state index contributed by atoms with van der Waals surface area (Å²) < 4.78 is 13.3. The van der Waals surface area contributed by atoms with Gasteiger partial charge in [-0.15, -0.1) is 0 Å². The molecule has 0 fully saturated rings. The zero-order valence-corrected chi connectivity index (χ0v) is 9.76. The number of hydrogen-bond donors (Lipinski definition) is 1. The van der Waals surface area contributed by atoms with Crippen LogP contribution in [0.2, 0.25) is 0 Å². The van der Waals surface area contributed by atoms with Gasteiger partial charge in [0.1, 0.15) is 11.6 Å². The zero-order valence-electron chi connectivity index (χ0n) is 9.76. The molecule has 0 saturated heterocycles. The summed E-state index contributed by atoms with van der Waals surface area (Å²) in [7, 11) is 1.77. The summed E-state index contributed by atoms with van der Waals surface area (Å²) in [5.41, 5.74) is 1.65. The Labute approximate surface area is 104 Å². The standard InChI is InChI=1S/C14H11FN2O/c1-17(12-2-4-14(18)5-3-12)13-7-10(9-16)6-11(15)8-13/h2-8,18H,1H3. The van der Waals surface area contributed by atoms with Crippen LogP contribution < -0.4 is 4.90 Å². The Hall–Kier alpha value is -2.54. The van der Waals surface area contributed by atoms with Crippen molar-refractivity contribution in [2.75, 3.05) is 11.9 Å². The predicted molar refractivity (Wildman–Crippen MR) is 67.3 cm³/mol. The van der Waals surface area contributed by atoms with Gasteiger partial charge >= 0.3 is 0 Å². The fourth-order valence-corrected chi connectivity index (χ4v) is 1.66. The molecule has 2 aromatic rings. The van der Waals surface area contributed by atoms with Crippen LogP contribution in [0.25, 0.3) is 0 Å². The van der Waals surface area contributed by atoms with Gasteiger partial charge in [-0.05, 0) is 42.5 Å². The second-order valence-electron chi connectivity index (χ2n) is 3.89. The molecule has 0 saturated carbocycles. The van der Waals surface area contributed by atoms with Crippen molar-refractivity contribution in [3.63, 3.8) is 0 Å². The third-order valence-corrected chi connectivity index (χ3v) is 2.64. The molecule has 0 atom stereocenters. The van der Waals surface area contributed by atoms with E-state index in [1.807, 2.05) is 6.07 Å². The van der Waals surface area contributed by atoms with Gasteiger partial charge < -0.3 is 10.0 Å². The van der Waals surface area contributed by atoms with Crippen LogP contribution in [0.1, 0.15) is 5.56 Å². The maximum absolute atomic E-state index is 13.3. The molecule has 90 valence electrons. The lowest BCUT2D eigenvalue weighted by atomic mass is 10.2. The largest absolute Gasteiger partial charge is 0.508 e. The van der Waals surface area contributed by atoms with Gasteiger partial charge in [-0.2, -0.15) is 5.26 Å². The van der Waals surface area contributed by atoms with Crippen LogP contribution in [-0.4, -0.2) is 12.2 Å². The van der Waals surface area contributed by atoms with Gasteiger partial charge in [-0.3, -0.25) is 0 Å². The van der Waals surface area contributed by atoms with Crippen LogP contribution in [0.4, 0.5) is 15.8 Å². The van der Waals surface area contributed by atoms with Gasteiger partial charge in [-0.25, -0.2) is 4.39 Å². The molecule has 0 radical (unpaired) electrons. The molecule has 0 aliphatic rings. The van der Waals surface area contributed by atoms with Gasteiger partial charge in [0.05, 0.1) is 11.6 Å². The molecule has 4 heteroatoms. The normalized spacial score (nSPS) is 9.83. The number of phenolic OH excluding ortho intramolecular Hbond substituents is 1. The lowest BCUT2D eigenvalue weighted by molar-refractivity contribution is 0.475. The average Bonchev–Trinajstić information content (AvgIpc) is 2.38. The van der Waals surface area contributed by atoms with E-state index in [1.165, 1.54) is 12.1 Å². The van der Waals surface area contributed by atoms with Crippen LogP contribution in [0.3, 0.4) is 0 Å². The highest BCUT2D eigenvalue weighted by molar-refractivity contribution is 5.64. The number of nitrogens with zero attached hydrogens (tertiary/aromatic N) is 2. The number of benzene rings is 2. The summed E-state index contributed by atoms with van der Waals surface area (Å²) in [6.07, 6.45) is 0. The summed E-state index contributed by atoms with van der Waals surface area (Å²) in [5, 5.41) is 18.0. The van der Waals surface area contributed by atoms with E-state index >= 15 is 0 Å². The Morgan fingerprint density at radius 3 is 2.39 bits per heavy atom. The van der Waals surface area contributed by atoms with Crippen molar-refractivity contribution in [3.8, 4) is 11.8 Å². The van der Waals surface area contributed by atoms with Crippen molar-refractivity contribution in [3.05, 3.63) is 53.8 Å².